The quantitative estimate of drug-likeness (QED) is 0.571. The number of thiocarbonyl (C=S) groups is 1. The summed E-state index contributed by atoms with van der Waals surface area (Å²) in [5.41, 5.74) is 1.68. The van der Waals surface area contributed by atoms with E-state index in [-0.39, 0.29) is 11.7 Å². The van der Waals surface area contributed by atoms with Gasteiger partial charge in [0.15, 0.2) is 0 Å². The molecular formula is C17H12BrNO3S2. The van der Waals surface area contributed by atoms with Crippen molar-refractivity contribution in [2.75, 3.05) is 0 Å². The highest BCUT2D eigenvalue weighted by atomic mass is 79.9. The van der Waals surface area contributed by atoms with Crippen molar-refractivity contribution in [2.24, 2.45) is 0 Å². The molecule has 0 aromatic heterocycles. The zero-order valence-corrected chi connectivity index (χ0v) is 15.5. The first-order valence-corrected chi connectivity index (χ1v) is 8.99. The van der Waals surface area contributed by atoms with E-state index in [4.69, 9.17) is 17.0 Å². The van der Waals surface area contributed by atoms with E-state index < -0.39 is 0 Å². The third-order valence-corrected chi connectivity index (χ3v) is 5.20. The Balaban J connectivity index is 1.86. The van der Waals surface area contributed by atoms with Gasteiger partial charge in [-0.2, -0.15) is 0 Å². The Morgan fingerprint density at radius 3 is 2.79 bits per heavy atom. The number of phenols is 1. The molecule has 1 aliphatic rings. The fourth-order valence-corrected chi connectivity index (χ4v) is 3.53. The minimum atomic E-state index is -0.227. The second-order valence-corrected chi connectivity index (χ2v) is 7.53. The lowest BCUT2D eigenvalue weighted by Crippen LogP contribution is -2.17. The maximum absolute atomic E-state index is 11.8. The molecule has 122 valence electrons. The lowest BCUT2D eigenvalue weighted by Gasteiger charge is -2.11. The molecule has 3 rings (SSSR count). The second kappa shape index (κ2) is 7.38. The van der Waals surface area contributed by atoms with E-state index >= 15 is 0 Å². The average molecular weight is 422 g/mol. The molecule has 0 aliphatic carbocycles. The van der Waals surface area contributed by atoms with Crippen LogP contribution in [0.15, 0.2) is 51.8 Å². The van der Waals surface area contributed by atoms with Crippen molar-refractivity contribution in [3.63, 3.8) is 0 Å². The van der Waals surface area contributed by atoms with E-state index in [1.165, 1.54) is 17.8 Å². The van der Waals surface area contributed by atoms with Crippen LogP contribution in [0.4, 0.5) is 0 Å². The number of ether oxygens (including phenoxy) is 1. The molecule has 0 radical (unpaired) electrons. The first kappa shape index (κ1) is 17.0. The van der Waals surface area contributed by atoms with Gasteiger partial charge in [0.2, 0.25) is 0 Å². The predicted octanol–water partition coefficient (Wildman–Crippen LogP) is 4.22. The number of nitrogens with one attached hydrogen (secondary N) is 1. The molecule has 7 heteroatoms. The van der Waals surface area contributed by atoms with Gasteiger partial charge < -0.3 is 15.2 Å². The zero-order valence-electron chi connectivity index (χ0n) is 12.3. The molecule has 0 unspecified atom stereocenters. The van der Waals surface area contributed by atoms with Crippen molar-refractivity contribution in [1.29, 1.82) is 0 Å². The molecule has 1 saturated heterocycles. The minimum Gasteiger partial charge on any atom is -0.508 e. The Bertz CT molecular complexity index is 851. The van der Waals surface area contributed by atoms with Gasteiger partial charge in [-0.1, -0.05) is 58.1 Å². The standard InChI is InChI=1S/C17H12BrNO3S2/c18-13-4-2-1-3-11(13)9-22-14-8-12(20)6-5-10(14)7-15-16(21)19-17(23)24-15/h1-8,20H,9H2,(H,19,21,23)/b15-7+. The molecule has 2 aromatic carbocycles. The summed E-state index contributed by atoms with van der Waals surface area (Å²) in [6.07, 6.45) is 1.70. The van der Waals surface area contributed by atoms with Crippen LogP contribution in [0.5, 0.6) is 11.5 Å². The van der Waals surface area contributed by atoms with Gasteiger partial charge in [-0.3, -0.25) is 4.79 Å². The molecule has 1 aliphatic heterocycles. The number of carbonyl (C=O) groups is 1. The number of aromatic hydroxyl groups is 1. The number of benzene rings is 2. The second-order valence-electron chi connectivity index (χ2n) is 4.95. The summed E-state index contributed by atoms with van der Waals surface area (Å²) in [6.45, 7) is 0.332. The molecule has 1 fully saturated rings. The Kier molecular flexibility index (Phi) is 5.23. The molecule has 0 saturated carbocycles. The summed E-state index contributed by atoms with van der Waals surface area (Å²) in [6, 6.07) is 12.5. The fraction of sp³-hybridized carbons (Fsp3) is 0.0588. The van der Waals surface area contributed by atoms with Crippen molar-refractivity contribution in [2.45, 2.75) is 6.61 Å². The van der Waals surface area contributed by atoms with E-state index in [1.54, 1.807) is 18.2 Å². The van der Waals surface area contributed by atoms with Crippen molar-refractivity contribution in [3.8, 4) is 11.5 Å². The van der Waals surface area contributed by atoms with Crippen LogP contribution in [-0.2, 0) is 11.4 Å². The molecule has 2 N–H and O–H groups in total. The predicted molar refractivity (Wildman–Crippen MR) is 103 cm³/mol. The highest BCUT2D eigenvalue weighted by Gasteiger charge is 2.22. The first-order chi connectivity index (χ1) is 11.5. The van der Waals surface area contributed by atoms with Crippen molar-refractivity contribution >= 4 is 56.2 Å². The maximum atomic E-state index is 11.8. The van der Waals surface area contributed by atoms with E-state index in [2.05, 4.69) is 21.2 Å². The number of hydrogen-bond donors (Lipinski definition) is 2. The van der Waals surface area contributed by atoms with Crippen LogP contribution >= 0.6 is 39.9 Å². The molecule has 0 atom stereocenters. The topological polar surface area (TPSA) is 58.6 Å². The van der Waals surface area contributed by atoms with Gasteiger partial charge in [-0.05, 0) is 24.3 Å². The zero-order chi connectivity index (χ0) is 17.1. The maximum Gasteiger partial charge on any atom is 0.263 e. The molecule has 1 heterocycles. The highest BCUT2D eigenvalue weighted by Crippen LogP contribution is 2.32. The van der Waals surface area contributed by atoms with E-state index in [0.29, 0.717) is 27.1 Å². The van der Waals surface area contributed by atoms with E-state index in [0.717, 1.165) is 10.0 Å². The van der Waals surface area contributed by atoms with Gasteiger partial charge in [-0.15, -0.1) is 0 Å². The monoisotopic (exact) mass is 421 g/mol. The van der Waals surface area contributed by atoms with Crippen LogP contribution in [0.1, 0.15) is 11.1 Å². The molecule has 4 nitrogen and oxygen atoms in total. The minimum absolute atomic E-state index is 0.0957. The fourth-order valence-electron chi connectivity index (χ4n) is 2.10. The number of phenolic OH excluding ortho intramolecular Hbond substituents is 1. The van der Waals surface area contributed by atoms with Gasteiger partial charge in [0, 0.05) is 21.7 Å². The summed E-state index contributed by atoms with van der Waals surface area (Å²) in [5.74, 6) is 0.359. The Hall–Kier alpha value is -1.83. The summed E-state index contributed by atoms with van der Waals surface area (Å²) >= 11 is 9.67. The largest absolute Gasteiger partial charge is 0.508 e. The van der Waals surface area contributed by atoms with Crippen LogP contribution in [0.2, 0.25) is 0 Å². The summed E-state index contributed by atoms with van der Waals surface area (Å²) in [7, 11) is 0. The van der Waals surface area contributed by atoms with Crippen molar-refractivity contribution in [1.82, 2.24) is 5.32 Å². The molecule has 0 bridgehead atoms. The number of hydrogen-bond acceptors (Lipinski definition) is 5. The molecular weight excluding hydrogens is 410 g/mol. The summed E-state index contributed by atoms with van der Waals surface area (Å²) in [4.78, 5) is 12.3. The van der Waals surface area contributed by atoms with Crippen molar-refractivity contribution in [3.05, 3.63) is 63.0 Å². The Labute approximate surface area is 157 Å². The van der Waals surface area contributed by atoms with Crippen LogP contribution in [0.25, 0.3) is 6.08 Å². The number of thioether (sulfide) groups is 1. The molecule has 0 spiro atoms. The van der Waals surface area contributed by atoms with Gasteiger partial charge >= 0.3 is 0 Å². The summed E-state index contributed by atoms with van der Waals surface area (Å²) < 4.78 is 7.23. The normalized spacial score (nSPS) is 15.6. The SMILES string of the molecule is O=C1NC(=S)S/C1=C/c1ccc(O)cc1OCc1ccccc1Br. The van der Waals surface area contributed by atoms with E-state index in [9.17, 15) is 9.90 Å². The van der Waals surface area contributed by atoms with Crippen molar-refractivity contribution < 1.29 is 14.6 Å². The number of rotatable bonds is 4. The number of halogens is 1. The van der Waals surface area contributed by atoms with Gasteiger partial charge in [0.25, 0.3) is 5.91 Å². The smallest absolute Gasteiger partial charge is 0.263 e. The Morgan fingerprint density at radius 2 is 2.08 bits per heavy atom. The van der Waals surface area contributed by atoms with Crippen LogP contribution in [-0.4, -0.2) is 15.3 Å². The third-order valence-electron chi connectivity index (χ3n) is 3.27. The van der Waals surface area contributed by atoms with E-state index in [1.807, 2.05) is 24.3 Å². The van der Waals surface area contributed by atoms with Gasteiger partial charge in [0.1, 0.15) is 22.4 Å². The summed E-state index contributed by atoms with van der Waals surface area (Å²) in [5, 5.41) is 12.3. The lowest BCUT2D eigenvalue weighted by molar-refractivity contribution is -0.115. The molecule has 1 amide bonds. The van der Waals surface area contributed by atoms with Gasteiger partial charge in [-0.25, -0.2) is 0 Å². The number of carbonyl (C=O) groups excluding carboxylic acids is 1. The number of amides is 1. The lowest BCUT2D eigenvalue weighted by atomic mass is 10.1. The third kappa shape index (κ3) is 3.98. The molecule has 2 aromatic rings. The highest BCUT2D eigenvalue weighted by molar-refractivity contribution is 9.10. The van der Waals surface area contributed by atoms with Crippen LogP contribution < -0.4 is 10.1 Å². The van der Waals surface area contributed by atoms with Gasteiger partial charge in [0.05, 0.1) is 4.91 Å². The Morgan fingerprint density at radius 1 is 1.29 bits per heavy atom. The van der Waals surface area contributed by atoms with Crippen LogP contribution in [0.3, 0.4) is 0 Å². The first-order valence-electron chi connectivity index (χ1n) is 6.97. The average Bonchev–Trinajstić information content (AvgIpc) is 2.86. The molecule has 24 heavy (non-hydrogen) atoms. The van der Waals surface area contributed by atoms with Crippen LogP contribution in [0, 0.1) is 0 Å².